The van der Waals surface area contributed by atoms with Gasteiger partial charge in [0.2, 0.25) is 5.91 Å². The van der Waals surface area contributed by atoms with Crippen molar-refractivity contribution < 1.29 is 4.79 Å². The number of carbonyl (C=O) groups excluding carboxylic acids is 1. The van der Waals surface area contributed by atoms with Crippen molar-refractivity contribution in [3.63, 3.8) is 0 Å². The van der Waals surface area contributed by atoms with E-state index in [-0.39, 0.29) is 0 Å². The van der Waals surface area contributed by atoms with Crippen LogP contribution in [-0.4, -0.2) is 15.9 Å². The molecule has 0 aliphatic carbocycles. The van der Waals surface area contributed by atoms with Gasteiger partial charge in [-0.25, -0.2) is 4.98 Å². The Morgan fingerprint density at radius 2 is 2.23 bits per heavy atom. The smallest absolute Gasteiger partial charge is 0.241 e. The summed E-state index contributed by atoms with van der Waals surface area (Å²) in [4.78, 5) is 20.1. The predicted molar refractivity (Wildman–Crippen MR) is 104 cm³/mol. The fourth-order valence-corrected chi connectivity index (χ4v) is 3.66. The summed E-state index contributed by atoms with van der Waals surface area (Å²) >= 11 is 1.43. The lowest BCUT2D eigenvalue weighted by Crippen LogP contribution is -2.04. The summed E-state index contributed by atoms with van der Waals surface area (Å²) in [5.41, 5.74) is 8.23. The lowest BCUT2D eigenvalue weighted by Gasteiger charge is -2.09. The van der Waals surface area contributed by atoms with Crippen molar-refractivity contribution in [2.75, 3.05) is 5.32 Å². The normalized spacial score (nSPS) is 11.2. The number of rotatable bonds is 4. The Balaban J connectivity index is 1.81. The minimum Gasteiger partial charge on any atom is -0.366 e. The van der Waals surface area contributed by atoms with Gasteiger partial charge in [0.05, 0.1) is 11.3 Å². The number of amides is 1. The number of carbonyl (C=O) groups is 1. The Kier molecular flexibility index (Phi) is 3.88. The fraction of sp³-hybridized carbons (Fsp3) is 0. The van der Waals surface area contributed by atoms with E-state index < -0.39 is 5.91 Å². The molecule has 7 heteroatoms. The summed E-state index contributed by atoms with van der Waals surface area (Å²) in [5.74, 6) is -0.508. The largest absolute Gasteiger partial charge is 0.366 e. The van der Waals surface area contributed by atoms with Crippen LogP contribution in [0.2, 0.25) is 0 Å². The molecule has 4 rings (SSSR count). The Morgan fingerprint density at radius 1 is 1.35 bits per heavy atom. The minimum atomic E-state index is -0.508. The Morgan fingerprint density at radius 3 is 3.04 bits per heavy atom. The summed E-state index contributed by atoms with van der Waals surface area (Å²) in [5, 5.41) is 14.7. The van der Waals surface area contributed by atoms with Crippen LogP contribution in [0.4, 0.5) is 11.4 Å². The molecule has 0 bridgehead atoms. The van der Waals surface area contributed by atoms with Crippen molar-refractivity contribution in [1.29, 1.82) is 5.26 Å². The van der Waals surface area contributed by atoms with Crippen molar-refractivity contribution in [3.8, 4) is 6.07 Å². The van der Waals surface area contributed by atoms with E-state index in [0.29, 0.717) is 11.3 Å². The number of nitriles is 1. The lowest BCUT2D eigenvalue weighted by molar-refractivity contribution is -0.113. The first-order valence-electron chi connectivity index (χ1n) is 7.78. The summed E-state index contributed by atoms with van der Waals surface area (Å²) in [7, 11) is 0. The highest BCUT2D eigenvalue weighted by atomic mass is 32.1. The highest BCUT2D eigenvalue weighted by molar-refractivity contribution is 7.19. The molecular formula is C19H13N5OS. The fourth-order valence-electron chi connectivity index (χ4n) is 2.75. The quantitative estimate of drug-likeness (QED) is 0.480. The maximum Gasteiger partial charge on any atom is 0.241 e. The first-order valence-corrected chi connectivity index (χ1v) is 8.60. The van der Waals surface area contributed by atoms with Gasteiger partial charge in [-0.3, -0.25) is 4.79 Å². The van der Waals surface area contributed by atoms with Gasteiger partial charge in [-0.2, -0.15) is 5.26 Å². The van der Waals surface area contributed by atoms with Crippen LogP contribution in [0.5, 0.6) is 0 Å². The number of aromatic nitrogens is 2. The molecule has 0 aliphatic heterocycles. The Hall–Kier alpha value is -3.63. The number of anilines is 2. The zero-order valence-electron chi connectivity index (χ0n) is 13.5. The lowest BCUT2D eigenvalue weighted by atomic mass is 10.1. The maximum absolute atomic E-state index is 10.9. The van der Waals surface area contributed by atoms with Crippen LogP contribution in [0.1, 0.15) is 10.4 Å². The number of nitrogens with one attached hydrogen (secondary N) is 2. The molecule has 0 saturated carbocycles. The number of fused-ring (bicyclic) bond motifs is 2. The average Bonchev–Trinajstić information content (AvgIpc) is 3.26. The molecule has 6 nitrogen and oxygen atoms in total. The van der Waals surface area contributed by atoms with Gasteiger partial charge in [0, 0.05) is 45.3 Å². The second-order valence-corrected chi connectivity index (χ2v) is 6.73. The molecule has 0 unspecified atom stereocenters. The van der Waals surface area contributed by atoms with Crippen molar-refractivity contribution in [3.05, 3.63) is 59.2 Å². The second kappa shape index (κ2) is 6.35. The molecule has 126 valence electrons. The molecule has 0 spiro atoms. The number of primary amides is 1. The van der Waals surface area contributed by atoms with Crippen molar-refractivity contribution in [2.24, 2.45) is 5.73 Å². The first kappa shape index (κ1) is 15.9. The first-order chi connectivity index (χ1) is 12.6. The second-order valence-electron chi connectivity index (χ2n) is 5.67. The van der Waals surface area contributed by atoms with Crippen LogP contribution in [0.25, 0.3) is 27.2 Å². The van der Waals surface area contributed by atoms with Gasteiger partial charge < -0.3 is 16.0 Å². The van der Waals surface area contributed by atoms with E-state index in [1.165, 1.54) is 17.4 Å². The standard InChI is InChI=1S/C19H13N5OS/c20-9-12-10-23-19-15(8-14(26-19)2-4-17(21)25)18(12)24-13-1-3-16-11(7-13)5-6-22-16/h1-8,10,22H,(H2,21,25)(H,23,24). The molecule has 26 heavy (non-hydrogen) atoms. The van der Waals surface area contributed by atoms with E-state index in [4.69, 9.17) is 5.73 Å². The van der Waals surface area contributed by atoms with Crippen LogP contribution in [0, 0.1) is 11.3 Å². The molecule has 1 amide bonds. The third-order valence-electron chi connectivity index (χ3n) is 3.94. The van der Waals surface area contributed by atoms with Gasteiger partial charge in [-0.15, -0.1) is 11.3 Å². The molecule has 3 aromatic heterocycles. The van der Waals surface area contributed by atoms with E-state index in [2.05, 4.69) is 21.4 Å². The van der Waals surface area contributed by atoms with Crippen molar-refractivity contribution in [1.82, 2.24) is 9.97 Å². The van der Waals surface area contributed by atoms with E-state index >= 15 is 0 Å². The van der Waals surface area contributed by atoms with E-state index in [0.717, 1.165) is 31.7 Å². The third kappa shape index (κ3) is 2.90. The van der Waals surface area contributed by atoms with Crippen LogP contribution in [-0.2, 0) is 4.79 Å². The molecule has 3 heterocycles. The number of nitrogens with two attached hydrogens (primary N) is 1. The molecular weight excluding hydrogens is 346 g/mol. The van der Waals surface area contributed by atoms with E-state index in [9.17, 15) is 10.1 Å². The number of H-pyrrole nitrogens is 1. The SMILES string of the molecule is N#Cc1cnc2sc(C=CC(N)=O)cc2c1Nc1ccc2[nH]ccc2c1. The van der Waals surface area contributed by atoms with Crippen molar-refractivity contribution in [2.45, 2.75) is 0 Å². The maximum atomic E-state index is 10.9. The summed E-state index contributed by atoms with van der Waals surface area (Å²) in [6.07, 6.45) is 6.40. The number of benzene rings is 1. The highest BCUT2D eigenvalue weighted by Gasteiger charge is 2.12. The van der Waals surface area contributed by atoms with Crippen molar-refractivity contribution >= 4 is 55.8 Å². The number of thiophene rings is 1. The van der Waals surface area contributed by atoms with Gasteiger partial charge in [0.1, 0.15) is 10.9 Å². The zero-order valence-corrected chi connectivity index (χ0v) is 14.3. The Bertz CT molecular complexity index is 1210. The topological polar surface area (TPSA) is 108 Å². The minimum absolute atomic E-state index is 0.454. The average molecular weight is 359 g/mol. The molecule has 1 aromatic carbocycles. The number of aromatic amines is 1. The monoisotopic (exact) mass is 359 g/mol. The zero-order chi connectivity index (χ0) is 18.1. The molecule has 0 fully saturated rings. The molecule has 0 saturated heterocycles. The van der Waals surface area contributed by atoms with Gasteiger partial charge in [0.15, 0.2) is 0 Å². The number of nitrogens with zero attached hydrogens (tertiary/aromatic N) is 2. The van der Waals surface area contributed by atoms with Gasteiger partial charge in [0.25, 0.3) is 0 Å². The molecule has 0 atom stereocenters. The predicted octanol–water partition coefficient (Wildman–Crippen LogP) is 3.89. The van der Waals surface area contributed by atoms with E-state index in [1.807, 2.05) is 36.5 Å². The molecule has 4 aromatic rings. The van der Waals surface area contributed by atoms with Gasteiger partial charge in [-0.05, 0) is 36.4 Å². The number of hydrogen-bond donors (Lipinski definition) is 3. The van der Waals surface area contributed by atoms with Crippen LogP contribution >= 0.6 is 11.3 Å². The molecule has 4 N–H and O–H groups in total. The van der Waals surface area contributed by atoms with Gasteiger partial charge >= 0.3 is 0 Å². The van der Waals surface area contributed by atoms with Crippen LogP contribution < -0.4 is 11.1 Å². The van der Waals surface area contributed by atoms with Crippen LogP contribution in [0.3, 0.4) is 0 Å². The van der Waals surface area contributed by atoms with Crippen LogP contribution in [0.15, 0.2) is 48.8 Å². The summed E-state index contributed by atoms with van der Waals surface area (Å²) in [6, 6.07) is 12.0. The molecule has 0 radical (unpaired) electrons. The number of pyridine rings is 1. The highest BCUT2D eigenvalue weighted by Crippen LogP contribution is 2.35. The molecule has 0 aliphatic rings. The summed E-state index contributed by atoms with van der Waals surface area (Å²) in [6.45, 7) is 0. The van der Waals surface area contributed by atoms with E-state index in [1.54, 1.807) is 12.3 Å². The summed E-state index contributed by atoms with van der Waals surface area (Å²) < 4.78 is 0. The third-order valence-corrected chi connectivity index (χ3v) is 4.94. The Labute approximate surface area is 152 Å². The number of hydrogen-bond acceptors (Lipinski definition) is 5. The van der Waals surface area contributed by atoms with Gasteiger partial charge in [-0.1, -0.05) is 0 Å².